The molecule has 0 aliphatic carbocycles. The number of carbonyl (C=O) groups excluding carboxylic acids is 3. The number of carbonyl (C=O) groups is 3. The van der Waals surface area contributed by atoms with Gasteiger partial charge in [0.1, 0.15) is 5.75 Å². The number of methoxy groups -OCH3 is 1. The van der Waals surface area contributed by atoms with Crippen molar-refractivity contribution in [1.29, 1.82) is 0 Å². The Labute approximate surface area is 180 Å². The van der Waals surface area contributed by atoms with Crippen LogP contribution in [0.4, 0.5) is 10.8 Å². The van der Waals surface area contributed by atoms with E-state index < -0.39 is 5.97 Å². The van der Waals surface area contributed by atoms with E-state index in [0.717, 1.165) is 5.56 Å². The number of anilines is 1. The van der Waals surface area contributed by atoms with Crippen LogP contribution < -0.4 is 10.6 Å². The third-order valence-corrected chi connectivity index (χ3v) is 5.65. The smallest absolute Gasteiger partial charge is 0.306 e. The maximum Gasteiger partial charge on any atom is 0.306 e. The van der Waals surface area contributed by atoms with Crippen molar-refractivity contribution in [2.45, 2.75) is 19.8 Å². The SMILES string of the molecule is COC(=O)CCC(=O)Nc1ncc(C=C2SC(=Nc3ccc(O)cc3C)NC2=O)s1. The normalized spacial score (nSPS) is 16.0. The first-order valence-corrected chi connectivity index (χ1v) is 10.4. The average Bonchev–Trinajstić information content (AvgIpc) is 3.28. The van der Waals surface area contributed by atoms with Gasteiger partial charge >= 0.3 is 5.97 Å². The van der Waals surface area contributed by atoms with Crippen LogP contribution in [0.5, 0.6) is 5.75 Å². The van der Waals surface area contributed by atoms with Gasteiger partial charge in [-0.05, 0) is 48.5 Å². The lowest BCUT2D eigenvalue weighted by molar-refractivity contribution is -0.141. The zero-order valence-corrected chi connectivity index (χ0v) is 17.7. The molecule has 2 heterocycles. The van der Waals surface area contributed by atoms with Crippen molar-refractivity contribution in [3.63, 3.8) is 0 Å². The average molecular weight is 447 g/mol. The Morgan fingerprint density at radius 1 is 1.37 bits per heavy atom. The number of thioether (sulfide) groups is 1. The summed E-state index contributed by atoms with van der Waals surface area (Å²) in [6.45, 7) is 1.82. The van der Waals surface area contributed by atoms with Crippen LogP contribution in [-0.2, 0) is 19.1 Å². The van der Waals surface area contributed by atoms with E-state index in [4.69, 9.17) is 0 Å². The van der Waals surface area contributed by atoms with Crippen LogP contribution in [0.15, 0.2) is 34.3 Å². The number of aryl methyl sites for hydroxylation is 1. The molecule has 0 unspecified atom stereocenters. The summed E-state index contributed by atoms with van der Waals surface area (Å²) in [4.78, 5) is 44.8. The Bertz CT molecular complexity index is 1060. The summed E-state index contributed by atoms with van der Waals surface area (Å²) in [5, 5.41) is 15.6. The molecule has 0 saturated carbocycles. The number of ether oxygens (including phenoxy) is 1. The van der Waals surface area contributed by atoms with Gasteiger partial charge in [0.25, 0.3) is 5.91 Å². The molecule has 1 aliphatic rings. The number of aromatic nitrogens is 1. The summed E-state index contributed by atoms with van der Waals surface area (Å²) in [6.07, 6.45) is 3.19. The van der Waals surface area contributed by atoms with Crippen molar-refractivity contribution in [1.82, 2.24) is 10.3 Å². The van der Waals surface area contributed by atoms with E-state index >= 15 is 0 Å². The predicted molar refractivity (Wildman–Crippen MR) is 116 cm³/mol. The lowest BCUT2D eigenvalue weighted by Crippen LogP contribution is -2.19. The highest BCUT2D eigenvalue weighted by Gasteiger charge is 2.24. The molecular formula is C19H18N4O5S2. The van der Waals surface area contributed by atoms with E-state index in [-0.39, 0.29) is 30.4 Å². The number of phenolic OH excluding ortho intramolecular Hbond substituents is 1. The molecule has 0 atom stereocenters. The van der Waals surface area contributed by atoms with Crippen molar-refractivity contribution < 1.29 is 24.2 Å². The van der Waals surface area contributed by atoms with E-state index in [9.17, 15) is 19.5 Å². The van der Waals surface area contributed by atoms with Gasteiger partial charge in [0.2, 0.25) is 5.91 Å². The van der Waals surface area contributed by atoms with E-state index in [1.54, 1.807) is 24.4 Å². The number of nitrogens with one attached hydrogen (secondary N) is 2. The van der Waals surface area contributed by atoms with Gasteiger partial charge in [-0.3, -0.25) is 14.4 Å². The fraction of sp³-hybridized carbons (Fsp3) is 0.211. The van der Waals surface area contributed by atoms with Crippen LogP contribution in [0.2, 0.25) is 0 Å². The highest BCUT2D eigenvalue weighted by Crippen LogP contribution is 2.31. The number of hydrogen-bond donors (Lipinski definition) is 3. The second kappa shape index (κ2) is 9.55. The molecule has 1 aliphatic heterocycles. The second-order valence-electron chi connectivity index (χ2n) is 6.14. The lowest BCUT2D eigenvalue weighted by atomic mass is 10.2. The van der Waals surface area contributed by atoms with Gasteiger partial charge in [0, 0.05) is 12.6 Å². The molecule has 3 N–H and O–H groups in total. The van der Waals surface area contributed by atoms with Crippen molar-refractivity contribution >= 4 is 62.9 Å². The number of amidine groups is 1. The number of hydrogen-bond acceptors (Lipinski definition) is 9. The van der Waals surface area contributed by atoms with Gasteiger partial charge in [-0.15, -0.1) is 0 Å². The summed E-state index contributed by atoms with van der Waals surface area (Å²) < 4.78 is 4.50. The number of aliphatic imine (C=N–C) groups is 1. The minimum atomic E-state index is -0.459. The van der Waals surface area contributed by atoms with Crippen molar-refractivity contribution in [3.8, 4) is 5.75 Å². The minimum Gasteiger partial charge on any atom is -0.508 e. The van der Waals surface area contributed by atoms with E-state index in [1.165, 1.54) is 36.3 Å². The lowest BCUT2D eigenvalue weighted by Gasteiger charge is -2.01. The zero-order chi connectivity index (χ0) is 21.7. The van der Waals surface area contributed by atoms with Gasteiger partial charge in [0.15, 0.2) is 10.3 Å². The zero-order valence-electron chi connectivity index (χ0n) is 16.1. The van der Waals surface area contributed by atoms with Crippen LogP contribution in [0.3, 0.4) is 0 Å². The predicted octanol–water partition coefficient (Wildman–Crippen LogP) is 2.94. The van der Waals surface area contributed by atoms with E-state index in [0.29, 0.717) is 25.8 Å². The topological polar surface area (TPSA) is 130 Å². The Hall–Kier alpha value is -3.18. The fourth-order valence-corrected chi connectivity index (χ4v) is 4.07. The van der Waals surface area contributed by atoms with Crippen LogP contribution in [0.1, 0.15) is 23.3 Å². The molecule has 0 bridgehead atoms. The summed E-state index contributed by atoms with van der Waals surface area (Å²) in [6, 6.07) is 4.79. The minimum absolute atomic E-state index is 0.00254. The van der Waals surface area contributed by atoms with Crippen molar-refractivity contribution in [2.75, 3.05) is 12.4 Å². The number of esters is 1. The second-order valence-corrected chi connectivity index (χ2v) is 8.24. The van der Waals surface area contributed by atoms with E-state index in [1.807, 2.05) is 6.92 Å². The number of benzene rings is 1. The summed E-state index contributed by atoms with van der Waals surface area (Å²) in [7, 11) is 1.26. The number of nitrogens with zero attached hydrogens (tertiary/aromatic N) is 2. The number of amides is 2. The highest BCUT2D eigenvalue weighted by molar-refractivity contribution is 8.18. The van der Waals surface area contributed by atoms with Crippen LogP contribution >= 0.6 is 23.1 Å². The summed E-state index contributed by atoms with van der Waals surface area (Å²) >= 11 is 2.39. The summed E-state index contributed by atoms with van der Waals surface area (Å²) in [5.41, 5.74) is 1.43. The molecule has 3 rings (SSSR count). The molecule has 11 heteroatoms. The van der Waals surface area contributed by atoms with Crippen LogP contribution in [0, 0.1) is 6.92 Å². The Morgan fingerprint density at radius 2 is 2.17 bits per heavy atom. The Balaban J connectivity index is 1.65. The maximum atomic E-state index is 12.2. The number of aromatic hydroxyl groups is 1. The van der Waals surface area contributed by atoms with Crippen LogP contribution in [-0.4, -0.2) is 40.2 Å². The molecule has 9 nitrogen and oxygen atoms in total. The first-order valence-electron chi connectivity index (χ1n) is 8.76. The maximum absolute atomic E-state index is 12.2. The molecule has 156 valence electrons. The molecule has 1 aromatic heterocycles. The number of rotatable bonds is 6. The highest BCUT2D eigenvalue weighted by atomic mass is 32.2. The first-order chi connectivity index (χ1) is 14.3. The molecular weight excluding hydrogens is 428 g/mol. The molecule has 0 spiro atoms. The van der Waals surface area contributed by atoms with Gasteiger partial charge < -0.3 is 20.5 Å². The molecule has 0 radical (unpaired) electrons. The number of thiazole rings is 1. The molecule has 2 aromatic rings. The largest absolute Gasteiger partial charge is 0.508 e. The van der Waals surface area contributed by atoms with Crippen molar-refractivity contribution in [2.24, 2.45) is 4.99 Å². The first kappa shape index (κ1) is 21.5. The molecule has 1 saturated heterocycles. The Kier molecular flexibility index (Phi) is 6.85. The van der Waals surface area contributed by atoms with Gasteiger partial charge in [-0.2, -0.15) is 0 Å². The van der Waals surface area contributed by atoms with Crippen molar-refractivity contribution in [3.05, 3.63) is 39.7 Å². The summed E-state index contributed by atoms with van der Waals surface area (Å²) in [5.74, 6) is -0.939. The standard InChI is InChI=1S/C19H18N4O5S2/c1-10-7-11(24)3-4-13(10)21-19-23-17(27)14(30-19)8-12-9-20-18(29-12)22-15(25)5-6-16(26)28-2/h3-4,7-9,24H,5-6H2,1-2H3,(H,20,22,25)(H,21,23,27). The van der Waals surface area contributed by atoms with Gasteiger partial charge in [-0.25, -0.2) is 9.98 Å². The van der Waals surface area contributed by atoms with E-state index in [2.05, 4.69) is 25.3 Å². The monoisotopic (exact) mass is 446 g/mol. The third kappa shape index (κ3) is 5.67. The molecule has 2 amide bonds. The number of phenols is 1. The van der Waals surface area contributed by atoms with Crippen LogP contribution in [0.25, 0.3) is 6.08 Å². The molecule has 30 heavy (non-hydrogen) atoms. The van der Waals surface area contributed by atoms with Gasteiger partial charge in [0.05, 0.1) is 29.0 Å². The van der Waals surface area contributed by atoms with Gasteiger partial charge in [-0.1, -0.05) is 11.3 Å². The Morgan fingerprint density at radius 3 is 2.90 bits per heavy atom. The third-order valence-electron chi connectivity index (χ3n) is 3.88. The molecule has 1 fully saturated rings. The molecule has 1 aromatic carbocycles. The quantitative estimate of drug-likeness (QED) is 0.459. The fourth-order valence-electron chi connectivity index (χ4n) is 2.39.